The van der Waals surface area contributed by atoms with Crippen molar-refractivity contribution < 1.29 is 19.1 Å². The number of carbonyl (C=O) groups is 3. The summed E-state index contributed by atoms with van der Waals surface area (Å²) in [5.74, 6) is -1.07. The van der Waals surface area contributed by atoms with Gasteiger partial charge in [-0.05, 0) is 38.1 Å². The van der Waals surface area contributed by atoms with Crippen LogP contribution in [0, 0.1) is 11.3 Å². The molecule has 0 fully saturated rings. The SMILES string of the molecule is CC(C)n1nccc1NC(=O)COC(=O)c1ccc(NC(=O)CC#N)cc1. The van der Waals surface area contributed by atoms with E-state index in [4.69, 9.17) is 10.00 Å². The molecular weight excluding hydrogens is 350 g/mol. The molecule has 0 saturated heterocycles. The zero-order valence-corrected chi connectivity index (χ0v) is 14.9. The second kappa shape index (κ2) is 9.15. The number of hydrogen-bond acceptors (Lipinski definition) is 6. The van der Waals surface area contributed by atoms with Crippen molar-refractivity contribution in [3.05, 3.63) is 42.1 Å². The monoisotopic (exact) mass is 369 g/mol. The number of amides is 2. The molecule has 0 aliphatic rings. The van der Waals surface area contributed by atoms with Gasteiger partial charge in [0.2, 0.25) is 5.91 Å². The van der Waals surface area contributed by atoms with Gasteiger partial charge >= 0.3 is 5.97 Å². The van der Waals surface area contributed by atoms with E-state index in [1.165, 1.54) is 24.3 Å². The fraction of sp³-hybridized carbons (Fsp3) is 0.278. The third-order valence-corrected chi connectivity index (χ3v) is 3.41. The molecule has 0 saturated carbocycles. The Labute approximate surface area is 155 Å². The number of rotatable bonds is 7. The minimum atomic E-state index is -0.669. The molecule has 0 unspecified atom stereocenters. The highest BCUT2D eigenvalue weighted by Gasteiger charge is 2.13. The summed E-state index contributed by atoms with van der Waals surface area (Å²) in [4.78, 5) is 35.3. The maximum Gasteiger partial charge on any atom is 0.338 e. The van der Waals surface area contributed by atoms with Gasteiger partial charge in [-0.1, -0.05) is 0 Å². The van der Waals surface area contributed by atoms with Crippen LogP contribution in [0.4, 0.5) is 11.5 Å². The molecule has 140 valence electrons. The Hall–Kier alpha value is -3.67. The molecule has 1 heterocycles. The van der Waals surface area contributed by atoms with Crippen LogP contribution in [0.25, 0.3) is 0 Å². The predicted molar refractivity (Wildman–Crippen MR) is 96.8 cm³/mol. The summed E-state index contributed by atoms with van der Waals surface area (Å²) in [6, 6.07) is 9.39. The highest BCUT2D eigenvalue weighted by molar-refractivity contribution is 5.96. The maximum absolute atomic E-state index is 12.0. The molecule has 2 aromatic rings. The van der Waals surface area contributed by atoms with Crippen LogP contribution in [0.5, 0.6) is 0 Å². The Morgan fingerprint density at radius 3 is 2.48 bits per heavy atom. The Bertz CT molecular complexity index is 865. The van der Waals surface area contributed by atoms with Gasteiger partial charge in [-0.3, -0.25) is 9.59 Å². The molecule has 1 aromatic heterocycles. The third-order valence-electron chi connectivity index (χ3n) is 3.41. The molecule has 0 radical (unpaired) electrons. The lowest BCUT2D eigenvalue weighted by Crippen LogP contribution is -2.23. The van der Waals surface area contributed by atoms with Crippen LogP contribution in [-0.2, 0) is 14.3 Å². The molecule has 0 spiro atoms. The summed E-state index contributed by atoms with van der Waals surface area (Å²) in [6.07, 6.45) is 1.31. The van der Waals surface area contributed by atoms with Gasteiger partial charge in [0.1, 0.15) is 12.2 Å². The molecule has 9 heteroatoms. The number of hydrogen-bond donors (Lipinski definition) is 2. The minimum absolute atomic E-state index is 0.0741. The van der Waals surface area contributed by atoms with Crippen molar-refractivity contribution in [1.82, 2.24) is 9.78 Å². The van der Waals surface area contributed by atoms with Gasteiger partial charge in [0.05, 0.1) is 17.8 Å². The first-order valence-electron chi connectivity index (χ1n) is 8.18. The third kappa shape index (κ3) is 5.67. The highest BCUT2D eigenvalue weighted by Crippen LogP contribution is 2.13. The molecule has 27 heavy (non-hydrogen) atoms. The number of anilines is 2. The highest BCUT2D eigenvalue weighted by atomic mass is 16.5. The second-order valence-electron chi connectivity index (χ2n) is 5.84. The molecule has 1 aromatic carbocycles. The molecule has 0 bridgehead atoms. The summed E-state index contributed by atoms with van der Waals surface area (Å²) in [5.41, 5.74) is 0.680. The fourth-order valence-corrected chi connectivity index (χ4v) is 2.18. The first-order chi connectivity index (χ1) is 12.9. The van der Waals surface area contributed by atoms with E-state index < -0.39 is 24.4 Å². The summed E-state index contributed by atoms with van der Waals surface area (Å²) in [7, 11) is 0. The van der Waals surface area contributed by atoms with Crippen LogP contribution in [0.15, 0.2) is 36.5 Å². The van der Waals surface area contributed by atoms with Gasteiger partial charge in [-0.15, -0.1) is 0 Å². The normalized spacial score (nSPS) is 10.1. The summed E-state index contributed by atoms with van der Waals surface area (Å²) >= 11 is 0. The van der Waals surface area contributed by atoms with Gasteiger partial charge in [-0.2, -0.15) is 10.4 Å². The van der Waals surface area contributed by atoms with E-state index in [1.54, 1.807) is 23.0 Å². The quantitative estimate of drug-likeness (QED) is 0.720. The Morgan fingerprint density at radius 2 is 1.85 bits per heavy atom. The molecule has 2 rings (SSSR count). The fourth-order valence-electron chi connectivity index (χ4n) is 2.18. The summed E-state index contributed by atoms with van der Waals surface area (Å²) in [5, 5.41) is 17.7. The van der Waals surface area contributed by atoms with Crippen LogP contribution in [0.1, 0.15) is 36.7 Å². The lowest BCUT2D eigenvalue weighted by molar-refractivity contribution is -0.119. The molecule has 0 atom stereocenters. The Balaban J connectivity index is 1.86. The van der Waals surface area contributed by atoms with Crippen molar-refractivity contribution >= 4 is 29.3 Å². The molecule has 9 nitrogen and oxygen atoms in total. The van der Waals surface area contributed by atoms with Gasteiger partial charge < -0.3 is 15.4 Å². The lowest BCUT2D eigenvalue weighted by Gasteiger charge is -2.12. The van der Waals surface area contributed by atoms with Crippen molar-refractivity contribution in [1.29, 1.82) is 5.26 Å². The Morgan fingerprint density at radius 1 is 1.15 bits per heavy atom. The standard InChI is InChI=1S/C18H19N5O4/c1-12(2)23-15(8-10-20-23)22-17(25)11-27-18(26)13-3-5-14(6-4-13)21-16(24)7-9-19/h3-6,8,10,12H,7,11H2,1-2H3,(H,21,24)(H,22,25). The largest absolute Gasteiger partial charge is 0.452 e. The summed E-state index contributed by atoms with van der Waals surface area (Å²) in [6.45, 7) is 3.41. The minimum Gasteiger partial charge on any atom is -0.452 e. The van der Waals surface area contributed by atoms with Crippen LogP contribution < -0.4 is 10.6 Å². The van der Waals surface area contributed by atoms with Crippen LogP contribution >= 0.6 is 0 Å². The average molecular weight is 369 g/mol. The maximum atomic E-state index is 12.0. The van der Waals surface area contributed by atoms with Gasteiger partial charge in [0.25, 0.3) is 5.91 Å². The number of nitrogens with one attached hydrogen (secondary N) is 2. The molecule has 2 N–H and O–H groups in total. The number of esters is 1. The molecule has 0 aliphatic heterocycles. The first kappa shape index (κ1) is 19.7. The number of benzene rings is 1. The smallest absolute Gasteiger partial charge is 0.338 e. The van der Waals surface area contributed by atoms with E-state index in [1.807, 2.05) is 13.8 Å². The van der Waals surface area contributed by atoms with Gasteiger partial charge in [-0.25, -0.2) is 9.48 Å². The molecular formula is C18H19N5O4. The molecule has 2 amide bonds. The van der Waals surface area contributed by atoms with E-state index in [9.17, 15) is 14.4 Å². The second-order valence-corrected chi connectivity index (χ2v) is 5.84. The lowest BCUT2D eigenvalue weighted by atomic mass is 10.2. The zero-order chi connectivity index (χ0) is 19.8. The van der Waals surface area contributed by atoms with E-state index in [2.05, 4.69) is 15.7 Å². The number of carbonyl (C=O) groups excluding carboxylic acids is 3. The van der Waals surface area contributed by atoms with E-state index >= 15 is 0 Å². The van der Waals surface area contributed by atoms with Gasteiger partial charge in [0, 0.05) is 17.8 Å². The van der Waals surface area contributed by atoms with Crippen molar-refractivity contribution in [2.45, 2.75) is 26.3 Å². The van der Waals surface area contributed by atoms with Crippen molar-refractivity contribution in [3.8, 4) is 6.07 Å². The zero-order valence-electron chi connectivity index (χ0n) is 14.9. The molecule has 0 aliphatic carbocycles. The topological polar surface area (TPSA) is 126 Å². The number of aromatic nitrogens is 2. The van der Waals surface area contributed by atoms with Crippen molar-refractivity contribution in [3.63, 3.8) is 0 Å². The van der Waals surface area contributed by atoms with E-state index in [-0.39, 0.29) is 18.0 Å². The van der Waals surface area contributed by atoms with Crippen molar-refractivity contribution in [2.24, 2.45) is 0 Å². The van der Waals surface area contributed by atoms with Crippen molar-refractivity contribution in [2.75, 3.05) is 17.2 Å². The number of nitrogens with zero attached hydrogens (tertiary/aromatic N) is 3. The number of nitriles is 1. The van der Waals surface area contributed by atoms with Crippen LogP contribution in [-0.4, -0.2) is 34.2 Å². The van der Waals surface area contributed by atoms with E-state index in [0.717, 1.165) is 0 Å². The van der Waals surface area contributed by atoms with Crippen LogP contribution in [0.3, 0.4) is 0 Å². The van der Waals surface area contributed by atoms with Gasteiger partial charge in [0.15, 0.2) is 6.61 Å². The Kier molecular flexibility index (Phi) is 6.66. The predicted octanol–water partition coefficient (Wildman–Crippen LogP) is 2.11. The summed E-state index contributed by atoms with van der Waals surface area (Å²) < 4.78 is 6.63. The van der Waals surface area contributed by atoms with Crippen LogP contribution in [0.2, 0.25) is 0 Å². The first-order valence-corrected chi connectivity index (χ1v) is 8.18. The van der Waals surface area contributed by atoms with E-state index in [0.29, 0.717) is 11.5 Å². The average Bonchev–Trinajstić information content (AvgIpc) is 3.09. The number of ether oxygens (including phenoxy) is 1.